The first-order chi connectivity index (χ1) is 10.9. The van der Waals surface area contributed by atoms with E-state index < -0.39 is 21.1 Å². The van der Waals surface area contributed by atoms with Crippen molar-refractivity contribution in [2.75, 3.05) is 4.72 Å². The van der Waals surface area contributed by atoms with Crippen molar-refractivity contribution in [3.05, 3.63) is 74.8 Å². The predicted molar refractivity (Wildman–Crippen MR) is 87.9 cm³/mol. The van der Waals surface area contributed by atoms with Gasteiger partial charge in [0.15, 0.2) is 0 Å². The number of benzene rings is 2. The van der Waals surface area contributed by atoms with Gasteiger partial charge in [-0.3, -0.25) is 24.5 Å². The van der Waals surface area contributed by atoms with E-state index in [1.54, 1.807) is 30.3 Å². The quantitative estimate of drug-likeness (QED) is 0.666. The molecule has 0 amide bonds. The number of sulfonamides is 1. The van der Waals surface area contributed by atoms with Crippen LogP contribution in [0.15, 0.2) is 58.1 Å². The van der Waals surface area contributed by atoms with Crippen molar-refractivity contribution in [1.82, 2.24) is 10.2 Å². The number of hydrogen-bond acceptors (Lipinski definition) is 4. The van der Waals surface area contributed by atoms with Crippen molar-refractivity contribution in [3.8, 4) is 0 Å². The topological polar surface area (TPSA) is 112 Å². The van der Waals surface area contributed by atoms with Crippen LogP contribution in [0.4, 0.5) is 5.69 Å². The fourth-order valence-corrected chi connectivity index (χ4v) is 3.44. The smallest absolute Gasteiger partial charge is 0.270 e. The normalized spacial score (nSPS) is 11.5. The van der Waals surface area contributed by atoms with E-state index in [0.29, 0.717) is 5.56 Å². The Kier molecular flexibility index (Phi) is 3.75. The first-order valence-corrected chi connectivity index (χ1v) is 8.39. The van der Waals surface area contributed by atoms with Gasteiger partial charge in [-0.2, -0.15) is 0 Å². The number of hydrogen-bond donors (Lipinski definition) is 3. The van der Waals surface area contributed by atoms with Gasteiger partial charge in [-0.25, -0.2) is 8.42 Å². The number of aromatic amines is 2. The van der Waals surface area contributed by atoms with Crippen LogP contribution in [0.1, 0.15) is 5.56 Å². The molecule has 0 unspecified atom stereocenters. The van der Waals surface area contributed by atoms with E-state index in [9.17, 15) is 18.0 Å². The molecule has 0 atom stereocenters. The fourth-order valence-electron chi connectivity index (χ4n) is 2.25. The summed E-state index contributed by atoms with van der Waals surface area (Å²) in [7, 11) is -3.63. The third-order valence-electron chi connectivity index (χ3n) is 3.27. The highest BCUT2D eigenvalue weighted by Crippen LogP contribution is 2.16. The van der Waals surface area contributed by atoms with Crippen molar-refractivity contribution in [2.45, 2.75) is 5.75 Å². The predicted octanol–water partition coefficient (Wildman–Crippen LogP) is 1.16. The van der Waals surface area contributed by atoms with Crippen LogP contribution in [0, 0.1) is 0 Å². The van der Waals surface area contributed by atoms with Gasteiger partial charge in [-0.1, -0.05) is 30.3 Å². The molecular weight excluding hydrogens is 318 g/mol. The molecule has 118 valence electrons. The third-order valence-corrected chi connectivity index (χ3v) is 4.53. The Morgan fingerprint density at radius 1 is 0.870 bits per heavy atom. The van der Waals surface area contributed by atoms with Crippen LogP contribution in [-0.2, 0) is 15.8 Å². The summed E-state index contributed by atoms with van der Waals surface area (Å²) < 4.78 is 26.8. The van der Waals surface area contributed by atoms with Gasteiger partial charge in [0.2, 0.25) is 10.0 Å². The molecule has 1 aromatic heterocycles. The largest absolute Gasteiger partial charge is 0.283 e. The van der Waals surface area contributed by atoms with Gasteiger partial charge in [0.25, 0.3) is 11.1 Å². The number of H-pyrrole nitrogens is 2. The van der Waals surface area contributed by atoms with Gasteiger partial charge < -0.3 is 0 Å². The Morgan fingerprint density at radius 3 is 2.22 bits per heavy atom. The maximum Gasteiger partial charge on any atom is 0.270 e. The van der Waals surface area contributed by atoms with Crippen LogP contribution < -0.4 is 15.8 Å². The molecule has 2 aromatic carbocycles. The number of aromatic nitrogens is 2. The lowest BCUT2D eigenvalue weighted by atomic mass is 10.2. The number of rotatable bonds is 4. The van der Waals surface area contributed by atoms with E-state index in [1.165, 1.54) is 18.2 Å². The minimum Gasteiger partial charge on any atom is -0.283 e. The third kappa shape index (κ3) is 3.32. The molecule has 3 aromatic rings. The van der Waals surface area contributed by atoms with Gasteiger partial charge in [-0.15, -0.1) is 0 Å². The summed E-state index contributed by atoms with van der Waals surface area (Å²) in [6.07, 6.45) is 0. The summed E-state index contributed by atoms with van der Waals surface area (Å²) in [5, 5.41) is 4.73. The number of nitrogens with one attached hydrogen (secondary N) is 3. The molecule has 7 nitrogen and oxygen atoms in total. The van der Waals surface area contributed by atoms with E-state index in [4.69, 9.17) is 0 Å². The van der Waals surface area contributed by atoms with Gasteiger partial charge in [0.05, 0.1) is 16.5 Å². The average Bonchev–Trinajstić information content (AvgIpc) is 2.51. The molecule has 23 heavy (non-hydrogen) atoms. The summed E-state index contributed by atoms with van der Waals surface area (Å²) in [5.74, 6) is -0.183. The molecule has 3 N–H and O–H groups in total. The number of anilines is 1. The minimum absolute atomic E-state index is 0.119. The van der Waals surface area contributed by atoms with Crippen molar-refractivity contribution < 1.29 is 8.42 Å². The second-order valence-electron chi connectivity index (χ2n) is 5.02. The summed E-state index contributed by atoms with van der Waals surface area (Å²) >= 11 is 0. The highest BCUT2D eigenvalue weighted by Gasteiger charge is 2.13. The summed E-state index contributed by atoms with van der Waals surface area (Å²) in [5.41, 5.74) is -0.0680. The van der Waals surface area contributed by atoms with Crippen molar-refractivity contribution in [2.24, 2.45) is 0 Å². The molecule has 0 aliphatic heterocycles. The molecule has 0 saturated carbocycles. The lowest BCUT2D eigenvalue weighted by Crippen LogP contribution is -2.20. The van der Waals surface area contributed by atoms with E-state index in [1.807, 2.05) is 0 Å². The standard InChI is InChI=1S/C15H13N3O4S/c19-14-12-7-6-11(8-13(12)15(20)17-16-14)18-23(21,22)9-10-4-2-1-3-5-10/h1-8,18H,9H2,(H,16,19)(H,17,20). The monoisotopic (exact) mass is 331 g/mol. The van der Waals surface area contributed by atoms with E-state index in [0.717, 1.165) is 0 Å². The first kappa shape index (κ1) is 15.0. The zero-order valence-corrected chi connectivity index (χ0v) is 12.7. The molecule has 3 rings (SSSR count). The molecule has 0 spiro atoms. The second-order valence-corrected chi connectivity index (χ2v) is 6.74. The Balaban J connectivity index is 1.94. The van der Waals surface area contributed by atoms with Crippen molar-refractivity contribution in [1.29, 1.82) is 0 Å². The first-order valence-electron chi connectivity index (χ1n) is 6.74. The lowest BCUT2D eigenvalue weighted by molar-refractivity contribution is 0.600. The molecule has 8 heteroatoms. The van der Waals surface area contributed by atoms with Crippen LogP contribution in [-0.4, -0.2) is 18.6 Å². The van der Waals surface area contributed by atoms with Crippen LogP contribution in [0.2, 0.25) is 0 Å². The maximum absolute atomic E-state index is 12.2. The highest BCUT2D eigenvalue weighted by molar-refractivity contribution is 7.91. The Morgan fingerprint density at radius 2 is 1.52 bits per heavy atom. The zero-order chi connectivity index (χ0) is 16.4. The summed E-state index contributed by atoms with van der Waals surface area (Å²) in [4.78, 5) is 23.3. The van der Waals surface area contributed by atoms with Crippen molar-refractivity contribution >= 4 is 26.5 Å². The molecule has 0 aliphatic carbocycles. The molecule has 0 saturated heterocycles. The van der Waals surface area contributed by atoms with Gasteiger partial charge in [-0.05, 0) is 23.8 Å². The van der Waals surface area contributed by atoms with Crippen LogP contribution in [0.5, 0.6) is 0 Å². The van der Waals surface area contributed by atoms with Crippen LogP contribution in [0.3, 0.4) is 0 Å². The van der Waals surface area contributed by atoms with Gasteiger partial charge in [0.1, 0.15) is 0 Å². The van der Waals surface area contributed by atoms with Gasteiger partial charge >= 0.3 is 0 Å². The minimum atomic E-state index is -3.63. The highest BCUT2D eigenvalue weighted by atomic mass is 32.2. The van der Waals surface area contributed by atoms with E-state index in [-0.39, 0.29) is 22.2 Å². The molecule has 0 bridgehead atoms. The van der Waals surface area contributed by atoms with Crippen molar-refractivity contribution in [3.63, 3.8) is 0 Å². The Bertz CT molecular complexity index is 1070. The Labute approximate surface area is 131 Å². The van der Waals surface area contributed by atoms with E-state index >= 15 is 0 Å². The van der Waals surface area contributed by atoms with Crippen LogP contribution >= 0.6 is 0 Å². The molecule has 0 fully saturated rings. The SMILES string of the molecule is O=c1[nH][nH]c(=O)c2cc(NS(=O)(=O)Cc3ccccc3)ccc12. The zero-order valence-electron chi connectivity index (χ0n) is 11.9. The number of fused-ring (bicyclic) bond motifs is 1. The molecule has 0 aliphatic rings. The molecular formula is C15H13N3O4S. The summed E-state index contributed by atoms with van der Waals surface area (Å²) in [6.45, 7) is 0. The van der Waals surface area contributed by atoms with E-state index in [2.05, 4.69) is 14.9 Å². The summed E-state index contributed by atoms with van der Waals surface area (Å²) in [6, 6.07) is 12.9. The average molecular weight is 331 g/mol. The second kappa shape index (κ2) is 5.73. The molecule has 0 radical (unpaired) electrons. The Hall–Kier alpha value is -2.87. The lowest BCUT2D eigenvalue weighted by Gasteiger charge is -2.08. The maximum atomic E-state index is 12.2. The van der Waals surface area contributed by atoms with Gasteiger partial charge in [0, 0.05) is 5.69 Å². The fraction of sp³-hybridized carbons (Fsp3) is 0.0667. The van der Waals surface area contributed by atoms with Crippen LogP contribution in [0.25, 0.3) is 10.8 Å². The molecule has 1 heterocycles.